The summed E-state index contributed by atoms with van der Waals surface area (Å²) in [5.41, 5.74) is 0.253. The third-order valence-electron chi connectivity index (χ3n) is 1.90. The summed E-state index contributed by atoms with van der Waals surface area (Å²) < 4.78 is 0.948. The molecule has 1 rings (SSSR count). The van der Waals surface area contributed by atoms with Crippen LogP contribution in [0.25, 0.3) is 0 Å². The molecule has 0 aliphatic rings. The van der Waals surface area contributed by atoms with Crippen molar-refractivity contribution in [3.05, 3.63) is 28.2 Å². The van der Waals surface area contributed by atoms with Crippen molar-refractivity contribution in [3.8, 4) is 5.75 Å². The lowest BCUT2D eigenvalue weighted by molar-refractivity contribution is 0.0795. The van der Waals surface area contributed by atoms with E-state index in [-0.39, 0.29) is 5.75 Å². The van der Waals surface area contributed by atoms with Gasteiger partial charge < -0.3 is 15.5 Å². The molecule has 4 heteroatoms. The van der Waals surface area contributed by atoms with Crippen LogP contribution in [0, 0.1) is 0 Å². The van der Waals surface area contributed by atoms with Crippen molar-refractivity contribution >= 4 is 15.9 Å². The van der Waals surface area contributed by atoms with Crippen LogP contribution >= 0.6 is 15.9 Å². The van der Waals surface area contributed by atoms with E-state index >= 15 is 0 Å². The molecule has 0 bridgehead atoms. The molecule has 0 atom stereocenters. The summed E-state index contributed by atoms with van der Waals surface area (Å²) in [6.07, 6.45) is 0. The van der Waals surface area contributed by atoms with Gasteiger partial charge in [-0.2, -0.15) is 0 Å². The summed E-state index contributed by atoms with van der Waals surface area (Å²) >= 11 is 3.40. The molecule has 0 heterocycles. The molecule has 0 aliphatic carbocycles. The van der Waals surface area contributed by atoms with Crippen LogP contribution in [0.1, 0.15) is 19.4 Å². The quantitative estimate of drug-likeness (QED) is 0.787. The van der Waals surface area contributed by atoms with Crippen LogP contribution in [0.5, 0.6) is 5.75 Å². The largest absolute Gasteiger partial charge is 0.508 e. The molecule has 1 aromatic carbocycles. The molecule has 3 N–H and O–H groups in total. The van der Waals surface area contributed by atoms with Gasteiger partial charge in [-0.25, -0.2) is 0 Å². The zero-order chi connectivity index (χ0) is 11.5. The Morgan fingerprint density at radius 3 is 2.67 bits per heavy atom. The summed E-state index contributed by atoms with van der Waals surface area (Å²) in [6, 6.07) is 5.13. The van der Waals surface area contributed by atoms with Gasteiger partial charge in [0.05, 0.1) is 5.60 Å². The molecule has 0 aliphatic heterocycles. The molecule has 3 nitrogen and oxygen atoms in total. The Kier molecular flexibility index (Phi) is 4.13. The van der Waals surface area contributed by atoms with Crippen LogP contribution in [0.15, 0.2) is 22.7 Å². The lowest BCUT2D eigenvalue weighted by atomic mass is 10.1. The first-order chi connectivity index (χ1) is 6.88. The first-order valence-electron chi connectivity index (χ1n) is 4.79. The van der Waals surface area contributed by atoms with Gasteiger partial charge in [0.15, 0.2) is 0 Å². The van der Waals surface area contributed by atoms with Gasteiger partial charge in [0.25, 0.3) is 0 Å². The van der Waals surface area contributed by atoms with Gasteiger partial charge in [-0.1, -0.05) is 15.9 Å². The van der Waals surface area contributed by atoms with Crippen LogP contribution < -0.4 is 5.32 Å². The predicted molar refractivity (Wildman–Crippen MR) is 63.8 cm³/mol. The van der Waals surface area contributed by atoms with Gasteiger partial charge in [0.1, 0.15) is 5.75 Å². The highest BCUT2D eigenvalue weighted by Crippen LogP contribution is 2.21. The van der Waals surface area contributed by atoms with E-state index < -0.39 is 5.60 Å². The third-order valence-corrected chi connectivity index (χ3v) is 2.68. The Labute approximate surface area is 98.3 Å². The number of hydrogen-bond acceptors (Lipinski definition) is 3. The second kappa shape index (κ2) is 4.96. The number of rotatable bonds is 4. The van der Waals surface area contributed by atoms with Gasteiger partial charge in [-0.05, 0) is 37.6 Å². The normalized spacial score (nSPS) is 11.7. The molecule has 0 aromatic heterocycles. The smallest absolute Gasteiger partial charge is 0.115 e. The van der Waals surface area contributed by atoms with E-state index in [1.165, 1.54) is 0 Å². The van der Waals surface area contributed by atoms with E-state index in [4.69, 9.17) is 0 Å². The van der Waals surface area contributed by atoms with Crippen LogP contribution in [-0.2, 0) is 6.54 Å². The lowest BCUT2D eigenvalue weighted by Crippen LogP contribution is -2.34. The third kappa shape index (κ3) is 4.64. The molecule has 0 amide bonds. The molecule has 84 valence electrons. The van der Waals surface area contributed by atoms with E-state index in [1.807, 2.05) is 0 Å². The number of halogens is 1. The van der Waals surface area contributed by atoms with Crippen LogP contribution in [-0.4, -0.2) is 22.4 Å². The Morgan fingerprint density at radius 1 is 1.40 bits per heavy atom. The molecule has 0 saturated heterocycles. The molecule has 0 fully saturated rings. The van der Waals surface area contributed by atoms with Crippen molar-refractivity contribution in [1.29, 1.82) is 0 Å². The summed E-state index contributed by atoms with van der Waals surface area (Å²) in [5, 5.41) is 21.9. The number of benzene rings is 1. The number of phenolic OH excluding ortho intramolecular Hbond substituents is 1. The Hall–Kier alpha value is -0.580. The number of aliphatic hydroxyl groups is 1. The first kappa shape index (κ1) is 12.5. The van der Waals surface area contributed by atoms with Crippen molar-refractivity contribution in [2.75, 3.05) is 6.54 Å². The van der Waals surface area contributed by atoms with Crippen molar-refractivity contribution < 1.29 is 10.2 Å². The minimum Gasteiger partial charge on any atom is -0.508 e. The van der Waals surface area contributed by atoms with Crippen LogP contribution in [0.2, 0.25) is 0 Å². The van der Waals surface area contributed by atoms with E-state index in [9.17, 15) is 10.2 Å². The second-order valence-corrected chi connectivity index (χ2v) is 5.05. The molecule has 15 heavy (non-hydrogen) atoms. The maximum Gasteiger partial charge on any atom is 0.115 e. The highest BCUT2D eigenvalue weighted by molar-refractivity contribution is 9.10. The average Bonchev–Trinajstić information content (AvgIpc) is 2.09. The van der Waals surface area contributed by atoms with Gasteiger partial charge >= 0.3 is 0 Å². The number of phenols is 1. The van der Waals surface area contributed by atoms with Crippen molar-refractivity contribution in [2.24, 2.45) is 0 Å². The second-order valence-electron chi connectivity index (χ2n) is 4.19. The molecular weight excluding hydrogens is 258 g/mol. The highest BCUT2D eigenvalue weighted by Gasteiger charge is 2.11. The lowest BCUT2D eigenvalue weighted by Gasteiger charge is -2.18. The van der Waals surface area contributed by atoms with Gasteiger partial charge in [0, 0.05) is 17.6 Å². The van der Waals surface area contributed by atoms with Gasteiger partial charge in [0.2, 0.25) is 0 Å². The van der Waals surface area contributed by atoms with Gasteiger partial charge in [-0.3, -0.25) is 0 Å². The number of hydrogen-bond donors (Lipinski definition) is 3. The fraction of sp³-hybridized carbons (Fsp3) is 0.455. The molecule has 1 aromatic rings. The predicted octanol–water partition coefficient (Wildman–Crippen LogP) is 2.02. The fourth-order valence-corrected chi connectivity index (χ4v) is 1.59. The van der Waals surface area contributed by atoms with Crippen molar-refractivity contribution in [2.45, 2.75) is 26.0 Å². The van der Waals surface area contributed by atoms with E-state index in [0.717, 1.165) is 10.0 Å². The molecule has 0 unspecified atom stereocenters. The zero-order valence-corrected chi connectivity index (χ0v) is 10.5. The van der Waals surface area contributed by atoms with Gasteiger partial charge in [-0.15, -0.1) is 0 Å². The standard InChI is InChI=1S/C11H16BrNO2/c1-11(2,15)7-13-6-8-5-9(14)3-4-10(8)12/h3-5,13-15H,6-7H2,1-2H3. The Balaban J connectivity index is 2.54. The number of nitrogens with one attached hydrogen (secondary N) is 1. The maximum absolute atomic E-state index is 9.50. The molecule has 0 saturated carbocycles. The summed E-state index contributed by atoms with van der Waals surface area (Å²) in [6.45, 7) is 4.61. The highest BCUT2D eigenvalue weighted by atomic mass is 79.9. The summed E-state index contributed by atoms with van der Waals surface area (Å²) in [7, 11) is 0. The zero-order valence-electron chi connectivity index (χ0n) is 8.92. The maximum atomic E-state index is 9.50. The Morgan fingerprint density at radius 2 is 2.07 bits per heavy atom. The SMILES string of the molecule is CC(C)(O)CNCc1cc(O)ccc1Br. The van der Waals surface area contributed by atoms with Crippen molar-refractivity contribution in [3.63, 3.8) is 0 Å². The fourth-order valence-electron chi connectivity index (χ4n) is 1.20. The van der Waals surface area contributed by atoms with Crippen LogP contribution in [0.4, 0.5) is 0 Å². The van der Waals surface area contributed by atoms with E-state index in [0.29, 0.717) is 13.1 Å². The average molecular weight is 274 g/mol. The first-order valence-corrected chi connectivity index (χ1v) is 5.58. The summed E-state index contributed by atoms with van der Waals surface area (Å²) in [4.78, 5) is 0. The monoisotopic (exact) mass is 273 g/mol. The molecular formula is C11H16BrNO2. The topological polar surface area (TPSA) is 52.5 Å². The minimum absolute atomic E-state index is 0.248. The molecule has 0 radical (unpaired) electrons. The Bertz CT molecular complexity index is 334. The van der Waals surface area contributed by atoms with E-state index in [1.54, 1.807) is 32.0 Å². The van der Waals surface area contributed by atoms with Crippen molar-refractivity contribution in [1.82, 2.24) is 5.32 Å². The van der Waals surface area contributed by atoms with E-state index in [2.05, 4.69) is 21.2 Å². The summed E-state index contributed by atoms with van der Waals surface area (Å²) in [5.74, 6) is 0.248. The molecule has 0 spiro atoms. The minimum atomic E-state index is -0.719. The number of aromatic hydroxyl groups is 1. The van der Waals surface area contributed by atoms with Crippen LogP contribution in [0.3, 0.4) is 0 Å².